The van der Waals surface area contributed by atoms with E-state index in [1.807, 2.05) is 0 Å². The van der Waals surface area contributed by atoms with Crippen LogP contribution >= 0.6 is 0 Å². The van der Waals surface area contributed by atoms with Gasteiger partial charge in [0.2, 0.25) is 0 Å². The first-order chi connectivity index (χ1) is 12.1. The minimum atomic E-state index is -4.48. The predicted molar refractivity (Wildman–Crippen MR) is 89.7 cm³/mol. The topological polar surface area (TPSA) is 47.0 Å². The molecule has 138 valence electrons. The first kappa shape index (κ1) is 18.6. The molecule has 0 N–H and O–H groups in total. The van der Waals surface area contributed by atoms with Crippen molar-refractivity contribution in [2.24, 2.45) is 0 Å². The Bertz CT molecular complexity index is 946. The minimum absolute atomic E-state index is 0.0571. The second-order valence-corrected chi connectivity index (χ2v) is 8.20. The van der Waals surface area contributed by atoms with Gasteiger partial charge in [0, 0.05) is 25.3 Å². The number of alkyl halides is 4. The number of allylic oxidation sites excluding steroid dienone is 2. The molecule has 26 heavy (non-hydrogen) atoms. The van der Waals surface area contributed by atoms with E-state index in [1.165, 1.54) is 18.2 Å². The summed E-state index contributed by atoms with van der Waals surface area (Å²) in [5, 5.41) is 0. The molecule has 0 spiro atoms. The second kappa shape index (κ2) is 6.50. The lowest BCUT2D eigenvalue weighted by atomic mass is 10.00. The van der Waals surface area contributed by atoms with E-state index in [4.69, 9.17) is 0 Å². The molecule has 1 aliphatic carbocycles. The normalized spacial score (nSPS) is 18.4. The fourth-order valence-electron chi connectivity index (χ4n) is 2.96. The number of halogens is 4. The lowest BCUT2D eigenvalue weighted by molar-refractivity contribution is -0.137. The van der Waals surface area contributed by atoms with Crippen LogP contribution in [0.3, 0.4) is 0 Å². The summed E-state index contributed by atoms with van der Waals surface area (Å²) < 4.78 is 75.1. The van der Waals surface area contributed by atoms with Gasteiger partial charge in [-0.1, -0.05) is 12.1 Å². The lowest BCUT2D eigenvalue weighted by Gasteiger charge is -2.10. The van der Waals surface area contributed by atoms with Crippen molar-refractivity contribution in [1.29, 1.82) is 0 Å². The molecule has 0 radical (unpaired) electrons. The molecule has 1 aliphatic rings. The van der Waals surface area contributed by atoms with Gasteiger partial charge in [-0.15, -0.1) is 0 Å². The maximum absolute atomic E-state index is 14.0. The highest BCUT2D eigenvalue weighted by Gasteiger charge is 2.32. The molecule has 8 heteroatoms. The molecule has 0 aliphatic heterocycles. The maximum atomic E-state index is 14.0. The Kier molecular flexibility index (Phi) is 4.64. The van der Waals surface area contributed by atoms with Crippen LogP contribution in [0, 0.1) is 0 Å². The number of nitrogens with zero attached hydrogens (tertiary/aromatic N) is 1. The highest BCUT2D eigenvalue weighted by Crippen LogP contribution is 2.41. The van der Waals surface area contributed by atoms with Crippen molar-refractivity contribution in [3.63, 3.8) is 0 Å². The molecule has 1 aromatic carbocycles. The second-order valence-electron chi connectivity index (χ2n) is 6.19. The number of sulfone groups is 1. The van der Waals surface area contributed by atoms with Crippen LogP contribution in [0.1, 0.15) is 29.7 Å². The number of aromatic nitrogens is 1. The lowest BCUT2D eigenvalue weighted by Crippen LogP contribution is -2.05. The molecule has 0 saturated carbocycles. The van der Waals surface area contributed by atoms with Crippen LogP contribution in [-0.2, 0) is 16.0 Å². The zero-order chi connectivity index (χ0) is 19.1. The first-order valence-corrected chi connectivity index (χ1v) is 9.65. The molecule has 0 bridgehead atoms. The summed E-state index contributed by atoms with van der Waals surface area (Å²) in [6.07, 6.45) is -3.65. The van der Waals surface area contributed by atoms with Crippen molar-refractivity contribution in [3.8, 4) is 0 Å². The molecule has 0 amide bonds. The average molecular weight is 385 g/mol. The van der Waals surface area contributed by atoms with E-state index in [2.05, 4.69) is 4.98 Å². The molecule has 3 rings (SSSR count). The summed E-state index contributed by atoms with van der Waals surface area (Å²) in [5.74, 6) is 0. The van der Waals surface area contributed by atoms with Crippen LogP contribution < -0.4 is 0 Å². The van der Waals surface area contributed by atoms with Crippen LogP contribution in [0.25, 0.3) is 11.1 Å². The number of pyridine rings is 1. The third kappa shape index (κ3) is 3.80. The summed E-state index contributed by atoms with van der Waals surface area (Å²) in [6, 6.07) is 8.18. The number of hydrogen-bond donors (Lipinski definition) is 0. The molecule has 1 unspecified atom stereocenters. The summed E-state index contributed by atoms with van der Waals surface area (Å²) in [7, 11) is -3.35. The van der Waals surface area contributed by atoms with Crippen molar-refractivity contribution in [3.05, 3.63) is 59.4 Å². The molecule has 1 aromatic heterocycles. The Hall–Kier alpha value is -2.22. The first-order valence-electron chi connectivity index (χ1n) is 7.76. The Morgan fingerprint density at radius 3 is 2.12 bits per heavy atom. The monoisotopic (exact) mass is 385 g/mol. The van der Waals surface area contributed by atoms with Gasteiger partial charge < -0.3 is 0 Å². The summed E-state index contributed by atoms with van der Waals surface area (Å²) in [6.45, 7) is 0. The van der Waals surface area contributed by atoms with E-state index in [9.17, 15) is 26.0 Å². The molecule has 2 aromatic rings. The highest BCUT2D eigenvalue weighted by molar-refractivity contribution is 7.90. The fraction of sp³-hybridized carbons (Fsp3) is 0.278. The van der Waals surface area contributed by atoms with E-state index in [0.29, 0.717) is 22.4 Å². The maximum Gasteiger partial charge on any atom is 0.417 e. The van der Waals surface area contributed by atoms with Gasteiger partial charge in [-0.05, 0) is 41.0 Å². The quantitative estimate of drug-likeness (QED) is 0.729. The highest BCUT2D eigenvalue weighted by atomic mass is 32.2. The fourth-order valence-corrected chi connectivity index (χ4v) is 3.59. The van der Waals surface area contributed by atoms with Gasteiger partial charge in [0.1, 0.15) is 6.17 Å². The van der Waals surface area contributed by atoms with Gasteiger partial charge >= 0.3 is 6.18 Å². The largest absolute Gasteiger partial charge is 0.417 e. The smallest absolute Gasteiger partial charge is 0.256 e. The minimum Gasteiger partial charge on any atom is -0.256 e. The van der Waals surface area contributed by atoms with Crippen LogP contribution in [0.4, 0.5) is 17.6 Å². The van der Waals surface area contributed by atoms with Crippen molar-refractivity contribution in [2.75, 3.05) is 6.26 Å². The summed E-state index contributed by atoms with van der Waals surface area (Å²) in [5.41, 5.74) is 1.23. The van der Waals surface area contributed by atoms with Crippen molar-refractivity contribution >= 4 is 21.0 Å². The predicted octanol–water partition coefficient (Wildman–Crippen LogP) is 4.55. The van der Waals surface area contributed by atoms with Crippen LogP contribution in [0.5, 0.6) is 0 Å². The summed E-state index contributed by atoms with van der Waals surface area (Å²) >= 11 is 0. The Morgan fingerprint density at radius 1 is 1.00 bits per heavy atom. The van der Waals surface area contributed by atoms with Crippen LogP contribution in [0.2, 0.25) is 0 Å². The average Bonchev–Trinajstić information content (AvgIpc) is 2.95. The number of hydrogen-bond acceptors (Lipinski definition) is 3. The Morgan fingerprint density at radius 2 is 1.62 bits per heavy atom. The summed E-state index contributed by atoms with van der Waals surface area (Å²) in [4.78, 5) is 4.00. The zero-order valence-corrected chi connectivity index (χ0v) is 14.5. The third-order valence-corrected chi connectivity index (χ3v) is 5.37. The zero-order valence-electron chi connectivity index (χ0n) is 13.7. The SMILES string of the molecule is CS(=O)(=O)c1ccc(C2=C(c3ccc(C(F)(F)F)cn3)CC(F)C2)cc1. The molecule has 0 fully saturated rings. The molecular weight excluding hydrogens is 370 g/mol. The van der Waals surface area contributed by atoms with E-state index in [0.717, 1.165) is 18.5 Å². The molecule has 1 atom stereocenters. The number of benzene rings is 1. The van der Waals surface area contributed by atoms with Crippen molar-refractivity contribution in [1.82, 2.24) is 4.98 Å². The van der Waals surface area contributed by atoms with E-state index in [1.54, 1.807) is 12.1 Å². The van der Waals surface area contributed by atoms with Crippen molar-refractivity contribution < 1.29 is 26.0 Å². The van der Waals surface area contributed by atoms with E-state index in [-0.39, 0.29) is 17.7 Å². The Balaban J connectivity index is 2.00. The van der Waals surface area contributed by atoms with Gasteiger partial charge in [-0.25, -0.2) is 12.8 Å². The number of rotatable bonds is 3. The van der Waals surface area contributed by atoms with Gasteiger partial charge in [0.25, 0.3) is 0 Å². The standard InChI is InChI=1S/C18H15F4NO2S/c1-26(24,25)14-5-2-11(3-6-14)15-8-13(19)9-16(15)17-7-4-12(10-23-17)18(20,21)22/h2-7,10,13H,8-9H2,1H3. The van der Waals surface area contributed by atoms with Gasteiger partial charge in [-0.2, -0.15) is 13.2 Å². The Labute approximate surface area is 148 Å². The van der Waals surface area contributed by atoms with Gasteiger partial charge in [0.05, 0.1) is 16.2 Å². The van der Waals surface area contributed by atoms with Crippen LogP contribution in [0.15, 0.2) is 47.5 Å². The molecule has 3 nitrogen and oxygen atoms in total. The third-order valence-electron chi connectivity index (χ3n) is 4.25. The molecular formula is C18H15F4NO2S. The van der Waals surface area contributed by atoms with Crippen LogP contribution in [-0.4, -0.2) is 25.8 Å². The van der Waals surface area contributed by atoms with Gasteiger partial charge in [0.15, 0.2) is 9.84 Å². The molecule has 1 heterocycles. The van der Waals surface area contributed by atoms with Gasteiger partial charge in [-0.3, -0.25) is 4.98 Å². The van der Waals surface area contributed by atoms with E-state index >= 15 is 0 Å². The molecule has 0 saturated heterocycles. The van der Waals surface area contributed by atoms with E-state index < -0.39 is 27.7 Å². The van der Waals surface area contributed by atoms with Crippen molar-refractivity contribution in [2.45, 2.75) is 30.1 Å².